The molecule has 1 aliphatic rings. The maximum Gasteiger partial charge on any atom is 0.260 e. The van der Waals surface area contributed by atoms with Gasteiger partial charge in [0.1, 0.15) is 0 Å². The van der Waals surface area contributed by atoms with E-state index in [-0.39, 0.29) is 5.91 Å². The van der Waals surface area contributed by atoms with E-state index >= 15 is 0 Å². The summed E-state index contributed by atoms with van der Waals surface area (Å²) in [5, 5.41) is 8.80. The number of amides is 1. The number of hydrogen-bond donors (Lipinski definition) is 0. The second-order valence-electron chi connectivity index (χ2n) is 7.35. The van der Waals surface area contributed by atoms with Crippen molar-refractivity contribution in [1.29, 1.82) is 0 Å². The minimum absolute atomic E-state index is 0.140. The molecule has 152 valence electrons. The zero-order valence-corrected chi connectivity index (χ0v) is 17.4. The van der Waals surface area contributed by atoms with Crippen molar-refractivity contribution in [2.45, 2.75) is 13.1 Å². The summed E-state index contributed by atoms with van der Waals surface area (Å²) in [6.45, 7) is 1.21. The fourth-order valence-corrected chi connectivity index (χ4v) is 4.02. The largest absolute Gasteiger partial charge is 0.345 e. The molecule has 6 heteroatoms. The summed E-state index contributed by atoms with van der Waals surface area (Å²) >= 11 is 6.52. The molecule has 0 saturated carbocycles. The highest BCUT2D eigenvalue weighted by Gasteiger charge is 2.26. The fraction of sp³-hybridized carbons (Fsp3) is 0.0800. The Labute approximate surface area is 185 Å². The third-order valence-corrected chi connectivity index (χ3v) is 5.64. The van der Waals surface area contributed by atoms with E-state index in [9.17, 15) is 4.79 Å². The molecular weight excluding hydrogens is 408 g/mol. The van der Waals surface area contributed by atoms with Crippen molar-refractivity contribution in [3.8, 4) is 0 Å². The van der Waals surface area contributed by atoms with Crippen LogP contribution in [0, 0.1) is 0 Å². The van der Waals surface area contributed by atoms with Crippen LogP contribution in [0.1, 0.15) is 21.6 Å². The highest BCUT2D eigenvalue weighted by atomic mass is 35.5. The standard InChI is InChI=1S/C25H19ClN4O/c26-23-15-20(28-27-19-8-2-1-3-9-19)12-13-22(23)25(31)30-17-21-10-6-14-29(21)16-18-7-4-5-11-24(18)30/h1-15H,16-17H2/b28-27+. The molecule has 1 aliphatic heterocycles. The van der Waals surface area contributed by atoms with Gasteiger partial charge < -0.3 is 9.47 Å². The lowest BCUT2D eigenvalue weighted by Gasteiger charge is -2.23. The number of nitrogens with zero attached hydrogens (tertiary/aromatic N) is 4. The number of azo groups is 1. The number of hydrogen-bond acceptors (Lipinski definition) is 3. The van der Waals surface area contributed by atoms with Gasteiger partial charge in [-0.25, -0.2) is 0 Å². The van der Waals surface area contributed by atoms with Crippen molar-refractivity contribution in [2.24, 2.45) is 10.2 Å². The van der Waals surface area contributed by atoms with Crippen molar-refractivity contribution >= 4 is 34.6 Å². The predicted octanol–water partition coefficient (Wildman–Crippen LogP) is 6.77. The molecule has 5 nitrogen and oxygen atoms in total. The molecule has 3 aromatic carbocycles. The summed E-state index contributed by atoms with van der Waals surface area (Å²) < 4.78 is 2.17. The number of halogens is 1. The van der Waals surface area contributed by atoms with Gasteiger partial charge in [-0.05, 0) is 54.1 Å². The zero-order valence-electron chi connectivity index (χ0n) is 16.6. The van der Waals surface area contributed by atoms with Crippen molar-refractivity contribution in [3.05, 3.63) is 113 Å². The van der Waals surface area contributed by atoms with Crippen LogP contribution in [-0.2, 0) is 13.1 Å². The fourth-order valence-electron chi connectivity index (χ4n) is 3.76. The third-order valence-electron chi connectivity index (χ3n) is 5.33. The number of carbonyl (C=O) groups is 1. The van der Waals surface area contributed by atoms with Crippen molar-refractivity contribution < 1.29 is 4.79 Å². The SMILES string of the molecule is O=C(c1ccc(/N=N/c2ccccc2)cc1Cl)N1Cc2cccn2Cc2ccccc21. The summed E-state index contributed by atoms with van der Waals surface area (Å²) in [7, 11) is 0. The molecule has 1 aromatic heterocycles. The number of fused-ring (bicyclic) bond motifs is 2. The van der Waals surface area contributed by atoms with Gasteiger partial charge in [0.2, 0.25) is 0 Å². The van der Waals surface area contributed by atoms with Crippen molar-refractivity contribution in [3.63, 3.8) is 0 Å². The Hall–Kier alpha value is -3.70. The van der Waals surface area contributed by atoms with Gasteiger partial charge in [0.05, 0.1) is 28.5 Å². The first-order valence-corrected chi connectivity index (χ1v) is 10.4. The second kappa shape index (κ2) is 8.20. The number of benzene rings is 3. The molecular formula is C25H19ClN4O. The molecule has 0 unspecified atom stereocenters. The minimum atomic E-state index is -0.140. The lowest BCUT2D eigenvalue weighted by atomic mass is 10.1. The highest BCUT2D eigenvalue weighted by Crippen LogP contribution is 2.32. The normalized spacial score (nSPS) is 13.0. The van der Waals surface area contributed by atoms with Crippen LogP contribution in [0.4, 0.5) is 17.1 Å². The number of anilines is 1. The molecule has 2 heterocycles. The maximum absolute atomic E-state index is 13.5. The molecule has 0 N–H and O–H groups in total. The minimum Gasteiger partial charge on any atom is -0.345 e. The number of aromatic nitrogens is 1. The Morgan fingerprint density at radius 3 is 2.42 bits per heavy atom. The van der Waals surface area contributed by atoms with Crippen LogP contribution in [0.15, 0.2) is 101 Å². The van der Waals surface area contributed by atoms with E-state index in [4.69, 9.17) is 11.6 Å². The molecule has 1 amide bonds. The van der Waals surface area contributed by atoms with Gasteiger partial charge in [-0.15, -0.1) is 0 Å². The Bertz CT molecular complexity index is 1280. The van der Waals surface area contributed by atoms with Crippen LogP contribution in [0.25, 0.3) is 0 Å². The van der Waals surface area contributed by atoms with Gasteiger partial charge in [-0.1, -0.05) is 48.0 Å². The summed E-state index contributed by atoms with van der Waals surface area (Å²) in [5.74, 6) is -0.140. The summed E-state index contributed by atoms with van der Waals surface area (Å²) in [6.07, 6.45) is 2.04. The predicted molar refractivity (Wildman–Crippen MR) is 123 cm³/mol. The maximum atomic E-state index is 13.5. The Balaban J connectivity index is 1.46. The van der Waals surface area contributed by atoms with Crippen molar-refractivity contribution in [1.82, 2.24) is 4.57 Å². The lowest BCUT2D eigenvalue weighted by molar-refractivity contribution is 0.0985. The summed E-state index contributed by atoms with van der Waals surface area (Å²) in [5.41, 5.74) is 4.86. The second-order valence-corrected chi connectivity index (χ2v) is 7.75. The van der Waals surface area contributed by atoms with E-state index in [1.54, 1.807) is 23.1 Å². The Morgan fingerprint density at radius 2 is 1.58 bits per heavy atom. The topological polar surface area (TPSA) is 50.0 Å². The zero-order chi connectivity index (χ0) is 21.2. The Kier molecular flexibility index (Phi) is 5.10. The molecule has 0 saturated heterocycles. The van der Waals surface area contributed by atoms with Crippen molar-refractivity contribution in [2.75, 3.05) is 4.90 Å². The molecule has 0 radical (unpaired) electrons. The Morgan fingerprint density at radius 1 is 0.806 bits per heavy atom. The monoisotopic (exact) mass is 426 g/mol. The van der Waals surface area contributed by atoms with Crippen LogP contribution in [0.2, 0.25) is 5.02 Å². The molecule has 0 aliphatic carbocycles. The van der Waals surface area contributed by atoms with E-state index in [0.717, 1.165) is 29.2 Å². The van der Waals surface area contributed by atoms with Gasteiger partial charge >= 0.3 is 0 Å². The van der Waals surface area contributed by atoms with Gasteiger partial charge in [0.25, 0.3) is 5.91 Å². The molecule has 31 heavy (non-hydrogen) atoms. The smallest absolute Gasteiger partial charge is 0.260 e. The lowest BCUT2D eigenvalue weighted by Crippen LogP contribution is -2.30. The van der Waals surface area contributed by atoms with Crippen LogP contribution >= 0.6 is 11.6 Å². The van der Waals surface area contributed by atoms with E-state index in [1.807, 2.05) is 66.9 Å². The molecule has 0 bridgehead atoms. The third kappa shape index (κ3) is 3.88. The van der Waals surface area contributed by atoms with Crippen LogP contribution in [0.5, 0.6) is 0 Å². The van der Waals surface area contributed by atoms with E-state index in [1.165, 1.54) is 0 Å². The van der Waals surface area contributed by atoms with Crippen LogP contribution in [0.3, 0.4) is 0 Å². The first-order valence-electron chi connectivity index (χ1n) is 9.99. The van der Waals surface area contributed by atoms with E-state index in [0.29, 0.717) is 22.8 Å². The van der Waals surface area contributed by atoms with Gasteiger partial charge in [-0.2, -0.15) is 10.2 Å². The molecule has 5 rings (SSSR count). The number of para-hydroxylation sites is 1. The van der Waals surface area contributed by atoms with E-state index < -0.39 is 0 Å². The first-order chi connectivity index (χ1) is 15.2. The van der Waals surface area contributed by atoms with E-state index in [2.05, 4.69) is 20.9 Å². The summed E-state index contributed by atoms with van der Waals surface area (Å²) in [4.78, 5) is 15.3. The van der Waals surface area contributed by atoms with Crippen LogP contribution < -0.4 is 4.90 Å². The number of rotatable bonds is 3. The molecule has 0 fully saturated rings. The quantitative estimate of drug-likeness (QED) is 0.333. The number of carbonyl (C=O) groups excluding carboxylic acids is 1. The van der Waals surface area contributed by atoms with Gasteiger partial charge in [0, 0.05) is 24.1 Å². The highest BCUT2D eigenvalue weighted by molar-refractivity contribution is 6.34. The van der Waals surface area contributed by atoms with Crippen LogP contribution in [-0.4, -0.2) is 10.5 Å². The molecule has 0 atom stereocenters. The van der Waals surface area contributed by atoms with Gasteiger partial charge in [-0.3, -0.25) is 4.79 Å². The van der Waals surface area contributed by atoms with Gasteiger partial charge in [0.15, 0.2) is 0 Å². The first kappa shape index (κ1) is 19.3. The average molecular weight is 427 g/mol. The molecule has 4 aromatic rings. The average Bonchev–Trinajstić information content (AvgIpc) is 3.17. The summed E-state index contributed by atoms with van der Waals surface area (Å²) in [6, 6.07) is 26.7. The molecule has 0 spiro atoms.